The molecule has 1 saturated heterocycles. The van der Waals surface area contributed by atoms with E-state index in [0.717, 1.165) is 16.7 Å². The van der Waals surface area contributed by atoms with Gasteiger partial charge >= 0.3 is 0 Å². The highest BCUT2D eigenvalue weighted by molar-refractivity contribution is 5.82. The van der Waals surface area contributed by atoms with Crippen molar-refractivity contribution in [2.75, 3.05) is 18.1 Å². The van der Waals surface area contributed by atoms with Crippen molar-refractivity contribution in [3.8, 4) is 0 Å². The van der Waals surface area contributed by atoms with Crippen molar-refractivity contribution < 1.29 is 18.9 Å². The number of nitrogen functional groups attached to an aromatic ring is 2. The Hall–Kier alpha value is -4.35. The largest absolute Gasteiger partial charge is 0.382 e. The summed E-state index contributed by atoms with van der Waals surface area (Å²) in [6, 6.07) is 30.0. The molecule has 0 aliphatic carbocycles. The molecule has 0 spiro atoms. The highest BCUT2D eigenvalue weighted by Crippen LogP contribution is 2.37. The maximum Gasteiger partial charge on any atom is 0.224 e. The van der Waals surface area contributed by atoms with Gasteiger partial charge in [-0.2, -0.15) is 9.97 Å². The van der Waals surface area contributed by atoms with Crippen LogP contribution in [0.1, 0.15) is 22.9 Å². The van der Waals surface area contributed by atoms with Gasteiger partial charge in [-0.25, -0.2) is 4.98 Å². The molecule has 0 radical (unpaired) electrons. The zero-order valence-electron chi connectivity index (χ0n) is 22.5. The number of rotatable bonds is 11. The van der Waals surface area contributed by atoms with Gasteiger partial charge < -0.3 is 30.4 Å². The van der Waals surface area contributed by atoms with E-state index in [-0.39, 0.29) is 11.8 Å². The van der Waals surface area contributed by atoms with Crippen LogP contribution < -0.4 is 11.5 Å². The molecular formula is C31H32N6O4. The first kappa shape index (κ1) is 26.9. The van der Waals surface area contributed by atoms with Crippen molar-refractivity contribution in [2.24, 2.45) is 0 Å². The lowest BCUT2D eigenvalue weighted by atomic mass is 10.1. The summed E-state index contributed by atoms with van der Waals surface area (Å²) < 4.78 is 27.7. The van der Waals surface area contributed by atoms with Crippen LogP contribution in [0.25, 0.3) is 11.2 Å². The van der Waals surface area contributed by atoms with E-state index in [1.165, 1.54) is 0 Å². The smallest absolute Gasteiger partial charge is 0.224 e. The first-order valence-corrected chi connectivity index (χ1v) is 13.5. The van der Waals surface area contributed by atoms with Gasteiger partial charge in [0.2, 0.25) is 5.95 Å². The summed E-state index contributed by atoms with van der Waals surface area (Å²) in [7, 11) is 0. The topological polar surface area (TPSA) is 133 Å². The molecule has 5 aromatic rings. The molecule has 1 aliphatic rings. The number of ether oxygens (including phenoxy) is 4. The third kappa shape index (κ3) is 6.21. The molecule has 1 fully saturated rings. The number of hydrogen-bond acceptors (Lipinski definition) is 9. The van der Waals surface area contributed by atoms with Crippen LogP contribution in [0.3, 0.4) is 0 Å². The Morgan fingerprint density at radius 1 is 0.707 bits per heavy atom. The van der Waals surface area contributed by atoms with Crippen LogP contribution in [-0.2, 0) is 38.8 Å². The van der Waals surface area contributed by atoms with Crippen molar-refractivity contribution in [2.45, 2.75) is 44.4 Å². The van der Waals surface area contributed by atoms with Gasteiger partial charge in [-0.05, 0) is 16.7 Å². The number of nitrogens with two attached hydrogens (primary N) is 2. The number of aromatic nitrogens is 4. The predicted molar refractivity (Wildman–Crippen MR) is 154 cm³/mol. The summed E-state index contributed by atoms with van der Waals surface area (Å²) in [5, 5.41) is 0. The number of nitrogens with zero attached hydrogens (tertiary/aromatic N) is 4. The zero-order chi connectivity index (χ0) is 28.0. The third-order valence-corrected chi connectivity index (χ3v) is 6.99. The summed E-state index contributed by atoms with van der Waals surface area (Å²) in [6.45, 7) is 1.48. The lowest BCUT2D eigenvalue weighted by Gasteiger charge is -2.25. The second-order valence-electron chi connectivity index (χ2n) is 9.88. The Kier molecular flexibility index (Phi) is 8.15. The van der Waals surface area contributed by atoms with Crippen LogP contribution in [-0.4, -0.2) is 44.4 Å². The standard InChI is InChI=1S/C31H32N6O4/c32-28-25-29(36-31(33)35-28)37(20-34-25)30-27(40-18-23-14-8-3-9-15-23)26(39-17-22-12-6-2-7-13-22)24(41-30)19-38-16-21-10-4-1-5-11-21/h1-15,20,24,26-27,30H,16-19H2,(H4,32,33,35,36)/t24-,26-,27+,30?/m1/s1. The Balaban J connectivity index is 1.31. The zero-order valence-corrected chi connectivity index (χ0v) is 22.5. The SMILES string of the molecule is Nc1nc(N)c2ncn(C3O[C@H](COCc4ccccc4)[C@@H](OCc4ccccc4)[C@@H]3OCc3ccccc3)c2n1. The first-order chi connectivity index (χ1) is 20.2. The van der Waals surface area contributed by atoms with E-state index in [4.69, 9.17) is 30.4 Å². The predicted octanol–water partition coefficient (Wildman–Crippen LogP) is 4.28. The van der Waals surface area contributed by atoms with Gasteiger partial charge in [-0.15, -0.1) is 0 Å². The van der Waals surface area contributed by atoms with E-state index in [1.54, 1.807) is 10.9 Å². The number of hydrogen-bond donors (Lipinski definition) is 2. The molecule has 2 aromatic heterocycles. The molecule has 4 N–H and O–H groups in total. The number of anilines is 2. The molecule has 210 valence electrons. The molecule has 4 atom stereocenters. The van der Waals surface area contributed by atoms with E-state index in [2.05, 4.69) is 15.0 Å². The molecule has 3 heterocycles. The molecule has 3 aromatic carbocycles. The van der Waals surface area contributed by atoms with Gasteiger partial charge in [-0.1, -0.05) is 91.0 Å². The highest BCUT2D eigenvalue weighted by Gasteiger charge is 2.48. The van der Waals surface area contributed by atoms with Gasteiger partial charge in [0.1, 0.15) is 23.8 Å². The second-order valence-corrected chi connectivity index (χ2v) is 9.88. The number of benzene rings is 3. The van der Waals surface area contributed by atoms with Crippen LogP contribution in [0.15, 0.2) is 97.3 Å². The molecule has 10 nitrogen and oxygen atoms in total. The maximum absolute atomic E-state index is 6.64. The summed E-state index contributed by atoms with van der Waals surface area (Å²) in [5.41, 5.74) is 16.1. The van der Waals surface area contributed by atoms with Gasteiger partial charge in [0.15, 0.2) is 17.7 Å². The molecule has 1 unspecified atom stereocenters. The highest BCUT2D eigenvalue weighted by atomic mass is 16.6. The summed E-state index contributed by atoms with van der Waals surface area (Å²) >= 11 is 0. The van der Waals surface area contributed by atoms with Crippen LogP contribution in [0, 0.1) is 0 Å². The van der Waals surface area contributed by atoms with E-state index in [0.29, 0.717) is 37.6 Å². The van der Waals surface area contributed by atoms with Gasteiger partial charge in [-0.3, -0.25) is 4.57 Å². The quantitative estimate of drug-likeness (QED) is 0.246. The minimum atomic E-state index is -0.636. The Labute approximate surface area is 237 Å². The molecule has 0 bridgehead atoms. The van der Waals surface area contributed by atoms with Crippen molar-refractivity contribution in [1.29, 1.82) is 0 Å². The fourth-order valence-electron chi connectivity index (χ4n) is 4.99. The molecule has 0 saturated carbocycles. The minimum Gasteiger partial charge on any atom is -0.382 e. The van der Waals surface area contributed by atoms with Crippen LogP contribution in [0.2, 0.25) is 0 Å². The Morgan fingerprint density at radius 3 is 1.88 bits per heavy atom. The van der Waals surface area contributed by atoms with Crippen molar-refractivity contribution >= 4 is 22.9 Å². The summed E-state index contributed by atoms with van der Waals surface area (Å²) in [4.78, 5) is 12.9. The van der Waals surface area contributed by atoms with Crippen LogP contribution in [0.5, 0.6) is 0 Å². The van der Waals surface area contributed by atoms with Gasteiger partial charge in [0.25, 0.3) is 0 Å². The Bertz CT molecular complexity index is 1550. The van der Waals surface area contributed by atoms with E-state index >= 15 is 0 Å². The average molecular weight is 553 g/mol. The molecule has 0 amide bonds. The normalized spacial score (nSPS) is 20.5. The van der Waals surface area contributed by atoms with Crippen molar-refractivity contribution in [3.63, 3.8) is 0 Å². The second kappa shape index (κ2) is 12.4. The maximum atomic E-state index is 6.64. The van der Waals surface area contributed by atoms with Gasteiger partial charge in [0, 0.05) is 0 Å². The van der Waals surface area contributed by atoms with E-state index in [1.807, 2.05) is 91.0 Å². The summed E-state index contributed by atoms with van der Waals surface area (Å²) in [6.07, 6.45) is -0.446. The van der Waals surface area contributed by atoms with Crippen molar-refractivity contribution in [3.05, 3.63) is 114 Å². The number of imidazole rings is 1. The molecule has 6 rings (SSSR count). The van der Waals surface area contributed by atoms with E-state index in [9.17, 15) is 0 Å². The minimum absolute atomic E-state index is 0.0520. The van der Waals surface area contributed by atoms with Crippen LogP contribution >= 0.6 is 0 Å². The molecular weight excluding hydrogens is 520 g/mol. The third-order valence-electron chi connectivity index (χ3n) is 6.99. The molecule has 41 heavy (non-hydrogen) atoms. The summed E-state index contributed by atoms with van der Waals surface area (Å²) in [5.74, 6) is 0.252. The lowest BCUT2D eigenvalue weighted by molar-refractivity contribution is -0.0913. The fourth-order valence-corrected chi connectivity index (χ4v) is 4.99. The monoisotopic (exact) mass is 552 g/mol. The molecule has 1 aliphatic heterocycles. The van der Waals surface area contributed by atoms with Gasteiger partial charge in [0.05, 0.1) is 32.8 Å². The first-order valence-electron chi connectivity index (χ1n) is 13.5. The van der Waals surface area contributed by atoms with Crippen LogP contribution in [0.4, 0.5) is 11.8 Å². The molecule has 10 heteroatoms. The fraction of sp³-hybridized carbons (Fsp3) is 0.258. The Morgan fingerprint density at radius 2 is 1.27 bits per heavy atom. The lowest BCUT2D eigenvalue weighted by Crippen LogP contribution is -2.38. The van der Waals surface area contributed by atoms with Crippen molar-refractivity contribution in [1.82, 2.24) is 19.5 Å². The number of fused-ring (bicyclic) bond motifs is 1. The average Bonchev–Trinajstić information content (AvgIpc) is 3.57. The van der Waals surface area contributed by atoms with E-state index < -0.39 is 24.5 Å².